The third kappa shape index (κ3) is 3.84. The van der Waals surface area contributed by atoms with E-state index in [0.717, 1.165) is 33.5 Å². The normalized spacial score (nSPS) is 10.9. The zero-order chi connectivity index (χ0) is 20.4. The average Bonchev–Trinajstić information content (AvgIpc) is 3.18. The molecule has 1 N–H and O–H groups in total. The first-order valence-corrected chi connectivity index (χ1v) is 9.65. The molecule has 0 saturated carbocycles. The number of fused-ring (bicyclic) bond motifs is 1. The monoisotopic (exact) mass is 428 g/mol. The van der Waals surface area contributed by atoms with Gasteiger partial charge in [0.25, 0.3) is 0 Å². The van der Waals surface area contributed by atoms with Gasteiger partial charge in [0.15, 0.2) is 5.58 Å². The molecule has 5 nitrogen and oxygen atoms in total. The van der Waals surface area contributed by atoms with E-state index in [1.807, 2.05) is 42.5 Å². The van der Waals surface area contributed by atoms with Crippen molar-refractivity contribution >= 4 is 39.9 Å². The van der Waals surface area contributed by atoms with Gasteiger partial charge in [-0.1, -0.05) is 40.5 Å². The number of hydrogen-bond donors (Lipinski definition) is 1. The Morgan fingerprint density at radius 1 is 0.931 bits per heavy atom. The van der Waals surface area contributed by atoms with Crippen LogP contribution in [0.3, 0.4) is 0 Å². The SMILES string of the molecule is COc1cc(OC)c(-c2noc3ccccc23)cc1CNc1ccc(Cl)c(Cl)c1. The van der Waals surface area contributed by atoms with Crippen LogP contribution in [0.5, 0.6) is 11.5 Å². The van der Waals surface area contributed by atoms with Crippen molar-refractivity contribution < 1.29 is 14.0 Å². The summed E-state index contributed by atoms with van der Waals surface area (Å²) in [5.41, 5.74) is 4.04. The van der Waals surface area contributed by atoms with E-state index in [1.165, 1.54) is 0 Å². The van der Waals surface area contributed by atoms with Crippen LogP contribution in [0.1, 0.15) is 5.56 Å². The largest absolute Gasteiger partial charge is 0.496 e. The Balaban J connectivity index is 1.73. The minimum Gasteiger partial charge on any atom is -0.496 e. The number of nitrogens with one attached hydrogen (secondary N) is 1. The number of benzene rings is 3. The number of rotatable bonds is 6. The van der Waals surface area contributed by atoms with Gasteiger partial charge < -0.3 is 19.3 Å². The highest BCUT2D eigenvalue weighted by Gasteiger charge is 2.18. The standard InChI is InChI=1S/C22H18Cl2N2O3/c1-27-20-11-21(28-2)16(22-15-5-3-4-6-19(15)29-26-22)9-13(20)12-25-14-7-8-17(23)18(24)10-14/h3-11,25H,12H2,1-2H3. The minimum atomic E-state index is 0.494. The number of nitrogens with zero attached hydrogens (tertiary/aromatic N) is 1. The van der Waals surface area contributed by atoms with Crippen LogP contribution in [0.25, 0.3) is 22.2 Å². The third-order valence-electron chi connectivity index (χ3n) is 4.64. The van der Waals surface area contributed by atoms with E-state index >= 15 is 0 Å². The van der Waals surface area contributed by atoms with Crippen LogP contribution in [0.2, 0.25) is 10.0 Å². The molecule has 0 aliphatic heterocycles. The van der Waals surface area contributed by atoms with E-state index < -0.39 is 0 Å². The zero-order valence-corrected chi connectivity index (χ0v) is 17.3. The Kier molecular flexibility index (Phi) is 5.51. The average molecular weight is 429 g/mol. The van der Waals surface area contributed by atoms with E-state index in [2.05, 4.69) is 10.5 Å². The molecule has 7 heteroatoms. The Labute approximate surface area is 178 Å². The molecular weight excluding hydrogens is 411 g/mol. The highest BCUT2D eigenvalue weighted by atomic mass is 35.5. The molecular formula is C22H18Cl2N2O3. The molecule has 148 valence electrons. The van der Waals surface area contributed by atoms with Crippen molar-refractivity contribution in [3.63, 3.8) is 0 Å². The molecule has 4 rings (SSSR count). The molecule has 4 aromatic rings. The van der Waals surface area contributed by atoms with Gasteiger partial charge in [0.05, 0.1) is 24.3 Å². The van der Waals surface area contributed by atoms with Crippen molar-refractivity contribution in [2.24, 2.45) is 0 Å². The van der Waals surface area contributed by atoms with Crippen molar-refractivity contribution in [2.45, 2.75) is 6.54 Å². The fourth-order valence-electron chi connectivity index (χ4n) is 3.17. The molecule has 3 aromatic carbocycles. The maximum atomic E-state index is 6.11. The fourth-order valence-corrected chi connectivity index (χ4v) is 3.47. The van der Waals surface area contributed by atoms with Gasteiger partial charge in [0.2, 0.25) is 0 Å². The lowest BCUT2D eigenvalue weighted by Crippen LogP contribution is -2.03. The van der Waals surface area contributed by atoms with E-state index in [-0.39, 0.29) is 0 Å². The Bertz CT molecular complexity index is 1170. The molecule has 1 heterocycles. The van der Waals surface area contributed by atoms with Crippen LogP contribution in [0.4, 0.5) is 5.69 Å². The molecule has 29 heavy (non-hydrogen) atoms. The number of aromatic nitrogens is 1. The fraction of sp³-hybridized carbons (Fsp3) is 0.136. The first-order chi connectivity index (χ1) is 14.1. The van der Waals surface area contributed by atoms with Crippen LogP contribution in [-0.4, -0.2) is 19.4 Å². The van der Waals surface area contributed by atoms with E-state index in [1.54, 1.807) is 26.4 Å². The number of anilines is 1. The predicted octanol–water partition coefficient (Wildman–Crippen LogP) is 6.43. The zero-order valence-electron chi connectivity index (χ0n) is 15.8. The van der Waals surface area contributed by atoms with Crippen molar-refractivity contribution in [2.75, 3.05) is 19.5 Å². The van der Waals surface area contributed by atoms with Gasteiger partial charge in [-0.05, 0) is 36.4 Å². The van der Waals surface area contributed by atoms with Crippen LogP contribution in [0, 0.1) is 0 Å². The number of methoxy groups -OCH3 is 2. The van der Waals surface area contributed by atoms with Gasteiger partial charge in [-0.3, -0.25) is 0 Å². The van der Waals surface area contributed by atoms with Gasteiger partial charge in [-0.25, -0.2) is 0 Å². The summed E-state index contributed by atoms with van der Waals surface area (Å²) in [5.74, 6) is 1.35. The van der Waals surface area contributed by atoms with E-state index in [4.69, 9.17) is 37.2 Å². The Hall–Kier alpha value is -2.89. The van der Waals surface area contributed by atoms with Crippen molar-refractivity contribution in [1.29, 1.82) is 0 Å². The second-order valence-corrected chi connectivity index (χ2v) is 7.19. The lowest BCUT2D eigenvalue weighted by atomic mass is 10.0. The van der Waals surface area contributed by atoms with Crippen molar-refractivity contribution in [3.05, 3.63) is 70.2 Å². The molecule has 0 fully saturated rings. The molecule has 0 radical (unpaired) electrons. The molecule has 0 bridgehead atoms. The highest BCUT2D eigenvalue weighted by Crippen LogP contribution is 2.39. The minimum absolute atomic E-state index is 0.494. The van der Waals surface area contributed by atoms with Gasteiger partial charge >= 0.3 is 0 Å². The van der Waals surface area contributed by atoms with E-state index in [9.17, 15) is 0 Å². The number of hydrogen-bond acceptors (Lipinski definition) is 5. The van der Waals surface area contributed by atoms with Gasteiger partial charge in [0, 0.05) is 34.8 Å². The molecule has 0 aliphatic rings. The first-order valence-electron chi connectivity index (χ1n) is 8.89. The molecule has 0 aliphatic carbocycles. The molecule has 0 amide bonds. The summed E-state index contributed by atoms with van der Waals surface area (Å²) in [5, 5.41) is 9.53. The van der Waals surface area contributed by atoms with Gasteiger partial charge in [-0.15, -0.1) is 0 Å². The van der Waals surface area contributed by atoms with Crippen LogP contribution in [0.15, 0.2) is 59.1 Å². The Morgan fingerprint density at radius 2 is 1.72 bits per heavy atom. The summed E-state index contributed by atoms with van der Waals surface area (Å²) >= 11 is 12.1. The van der Waals surface area contributed by atoms with Crippen molar-refractivity contribution in [3.8, 4) is 22.8 Å². The first kappa shape index (κ1) is 19.4. The third-order valence-corrected chi connectivity index (χ3v) is 5.38. The highest BCUT2D eigenvalue weighted by molar-refractivity contribution is 6.42. The Morgan fingerprint density at radius 3 is 2.48 bits per heavy atom. The molecule has 0 saturated heterocycles. The molecule has 0 spiro atoms. The summed E-state index contributed by atoms with van der Waals surface area (Å²) in [4.78, 5) is 0. The lowest BCUT2D eigenvalue weighted by molar-refractivity contribution is 0.392. The predicted molar refractivity (Wildman–Crippen MR) is 116 cm³/mol. The van der Waals surface area contributed by atoms with Crippen LogP contribution in [-0.2, 0) is 6.54 Å². The summed E-state index contributed by atoms with van der Waals surface area (Å²) in [6, 6.07) is 17.0. The summed E-state index contributed by atoms with van der Waals surface area (Å²) in [6.45, 7) is 0.508. The van der Waals surface area contributed by atoms with Gasteiger partial charge in [0.1, 0.15) is 17.2 Å². The van der Waals surface area contributed by atoms with Gasteiger partial charge in [-0.2, -0.15) is 0 Å². The number of ether oxygens (including phenoxy) is 2. The van der Waals surface area contributed by atoms with Crippen LogP contribution < -0.4 is 14.8 Å². The quantitative estimate of drug-likeness (QED) is 0.383. The summed E-state index contributed by atoms with van der Waals surface area (Å²) < 4.78 is 16.6. The lowest BCUT2D eigenvalue weighted by Gasteiger charge is -2.15. The summed E-state index contributed by atoms with van der Waals surface area (Å²) in [7, 11) is 3.25. The maximum absolute atomic E-state index is 6.11. The maximum Gasteiger partial charge on any atom is 0.167 e. The number of halogens is 2. The molecule has 1 aromatic heterocycles. The second-order valence-electron chi connectivity index (χ2n) is 6.37. The number of para-hydroxylation sites is 1. The van der Waals surface area contributed by atoms with Crippen LogP contribution >= 0.6 is 23.2 Å². The topological polar surface area (TPSA) is 56.5 Å². The molecule has 0 unspecified atom stereocenters. The molecule has 0 atom stereocenters. The summed E-state index contributed by atoms with van der Waals surface area (Å²) in [6.07, 6.45) is 0. The van der Waals surface area contributed by atoms with E-state index in [0.29, 0.717) is 28.1 Å². The second kappa shape index (κ2) is 8.23. The smallest absolute Gasteiger partial charge is 0.167 e. The van der Waals surface area contributed by atoms with Crippen molar-refractivity contribution in [1.82, 2.24) is 5.16 Å².